The number of aryl methyl sites for hydroxylation is 1. The zero-order chi connectivity index (χ0) is 12.7. The quantitative estimate of drug-likeness (QED) is 0.663. The predicted octanol–water partition coefficient (Wildman–Crippen LogP) is 5.38. The molecule has 1 heteroatoms. The van der Waals surface area contributed by atoms with E-state index in [0.29, 0.717) is 0 Å². The SMILES string of the molecule is CC1=Cc2cc(-c3ccccc3C)cc(Br)c2C1. The Morgan fingerprint density at radius 3 is 2.61 bits per heavy atom. The van der Waals surface area contributed by atoms with Gasteiger partial charge in [0.05, 0.1) is 0 Å². The maximum Gasteiger partial charge on any atom is 0.0222 e. The molecule has 0 unspecified atom stereocenters. The van der Waals surface area contributed by atoms with Crippen LogP contribution in [0.2, 0.25) is 0 Å². The van der Waals surface area contributed by atoms with E-state index in [1.54, 1.807) is 0 Å². The Hall–Kier alpha value is -1.34. The summed E-state index contributed by atoms with van der Waals surface area (Å²) < 4.78 is 1.23. The van der Waals surface area contributed by atoms with Crippen LogP contribution in [-0.2, 0) is 6.42 Å². The van der Waals surface area contributed by atoms with E-state index in [-0.39, 0.29) is 0 Å². The van der Waals surface area contributed by atoms with E-state index < -0.39 is 0 Å². The van der Waals surface area contributed by atoms with Gasteiger partial charge in [0, 0.05) is 4.47 Å². The van der Waals surface area contributed by atoms with Crippen LogP contribution in [-0.4, -0.2) is 0 Å². The molecule has 2 aromatic carbocycles. The highest BCUT2D eigenvalue weighted by molar-refractivity contribution is 9.10. The van der Waals surface area contributed by atoms with Gasteiger partial charge in [-0.2, -0.15) is 0 Å². The number of benzene rings is 2. The average molecular weight is 299 g/mol. The first-order chi connectivity index (χ1) is 8.65. The molecule has 0 atom stereocenters. The number of hydrogen-bond acceptors (Lipinski definition) is 0. The van der Waals surface area contributed by atoms with Crippen LogP contribution in [0, 0.1) is 6.92 Å². The molecule has 0 nitrogen and oxygen atoms in total. The number of allylic oxidation sites excluding steroid dienone is 1. The minimum Gasteiger partial charge on any atom is -0.0683 e. The molecule has 0 fully saturated rings. The lowest BCUT2D eigenvalue weighted by atomic mass is 9.97. The summed E-state index contributed by atoms with van der Waals surface area (Å²) in [5.41, 5.74) is 8.16. The summed E-state index contributed by atoms with van der Waals surface area (Å²) in [5.74, 6) is 0. The first-order valence-electron chi connectivity index (χ1n) is 6.21. The van der Waals surface area contributed by atoms with Gasteiger partial charge >= 0.3 is 0 Å². The Balaban J connectivity index is 2.18. The molecule has 0 aliphatic heterocycles. The van der Waals surface area contributed by atoms with Crippen molar-refractivity contribution in [1.29, 1.82) is 0 Å². The van der Waals surface area contributed by atoms with Gasteiger partial charge in [0.2, 0.25) is 0 Å². The Morgan fingerprint density at radius 1 is 1.06 bits per heavy atom. The minimum atomic E-state index is 1.07. The molecule has 2 aromatic rings. The Morgan fingerprint density at radius 2 is 1.83 bits per heavy atom. The van der Waals surface area contributed by atoms with Gasteiger partial charge < -0.3 is 0 Å². The van der Waals surface area contributed by atoms with E-state index in [1.807, 2.05) is 0 Å². The lowest BCUT2D eigenvalue weighted by Crippen LogP contribution is -1.89. The van der Waals surface area contributed by atoms with Crippen molar-refractivity contribution >= 4 is 22.0 Å². The van der Waals surface area contributed by atoms with Crippen LogP contribution in [0.15, 0.2) is 46.4 Å². The van der Waals surface area contributed by atoms with Crippen molar-refractivity contribution in [2.45, 2.75) is 20.3 Å². The summed E-state index contributed by atoms with van der Waals surface area (Å²) in [6, 6.07) is 13.1. The highest BCUT2D eigenvalue weighted by Gasteiger charge is 2.15. The van der Waals surface area contributed by atoms with Crippen molar-refractivity contribution in [2.24, 2.45) is 0 Å². The van der Waals surface area contributed by atoms with Gasteiger partial charge in [0.25, 0.3) is 0 Å². The topological polar surface area (TPSA) is 0 Å². The molecule has 0 saturated heterocycles. The fraction of sp³-hybridized carbons (Fsp3) is 0.176. The molecule has 0 spiro atoms. The van der Waals surface area contributed by atoms with E-state index >= 15 is 0 Å². The Kier molecular flexibility index (Phi) is 2.87. The molecule has 18 heavy (non-hydrogen) atoms. The van der Waals surface area contributed by atoms with Crippen molar-refractivity contribution in [3.8, 4) is 11.1 Å². The monoisotopic (exact) mass is 298 g/mol. The molecule has 90 valence electrons. The maximum absolute atomic E-state index is 3.71. The Bertz CT molecular complexity index is 651. The van der Waals surface area contributed by atoms with Gasteiger partial charge in [-0.05, 0) is 60.2 Å². The molecule has 0 aromatic heterocycles. The number of rotatable bonds is 1. The minimum absolute atomic E-state index is 1.07. The van der Waals surface area contributed by atoms with Crippen molar-refractivity contribution in [3.63, 3.8) is 0 Å². The van der Waals surface area contributed by atoms with E-state index in [9.17, 15) is 0 Å². The van der Waals surface area contributed by atoms with Gasteiger partial charge in [0.1, 0.15) is 0 Å². The van der Waals surface area contributed by atoms with Crippen LogP contribution in [0.3, 0.4) is 0 Å². The zero-order valence-corrected chi connectivity index (χ0v) is 12.2. The lowest BCUT2D eigenvalue weighted by Gasteiger charge is -2.10. The fourth-order valence-corrected chi connectivity index (χ4v) is 3.24. The van der Waals surface area contributed by atoms with Crippen LogP contribution in [0.5, 0.6) is 0 Å². The smallest absolute Gasteiger partial charge is 0.0222 e. The van der Waals surface area contributed by atoms with E-state index in [1.165, 1.54) is 37.9 Å². The second kappa shape index (κ2) is 4.40. The number of hydrogen-bond donors (Lipinski definition) is 0. The standard InChI is InChI=1S/C17H15Br/c1-11-7-13-9-14(10-17(18)16(13)8-11)15-6-4-3-5-12(15)2/h3-7,9-10H,8H2,1-2H3. The van der Waals surface area contributed by atoms with Crippen LogP contribution >= 0.6 is 15.9 Å². The molecule has 0 saturated carbocycles. The second-order valence-corrected chi connectivity index (χ2v) is 5.86. The van der Waals surface area contributed by atoms with Crippen molar-refractivity contribution in [1.82, 2.24) is 0 Å². The third-order valence-electron chi connectivity index (χ3n) is 3.54. The third kappa shape index (κ3) is 1.93. The molecule has 0 N–H and O–H groups in total. The van der Waals surface area contributed by atoms with Gasteiger partial charge in [-0.1, -0.05) is 51.8 Å². The summed E-state index contributed by atoms with van der Waals surface area (Å²) in [6.07, 6.45) is 3.37. The van der Waals surface area contributed by atoms with E-state index in [2.05, 4.69) is 72.3 Å². The highest BCUT2D eigenvalue weighted by Crippen LogP contribution is 2.36. The molecule has 0 radical (unpaired) electrons. The number of fused-ring (bicyclic) bond motifs is 1. The van der Waals surface area contributed by atoms with Gasteiger partial charge in [0.15, 0.2) is 0 Å². The summed E-state index contributed by atoms with van der Waals surface area (Å²) >= 11 is 3.71. The normalized spacial score (nSPS) is 13.4. The predicted molar refractivity (Wildman–Crippen MR) is 81.7 cm³/mol. The number of halogens is 1. The molecule has 0 amide bonds. The second-order valence-electron chi connectivity index (χ2n) is 5.01. The van der Waals surface area contributed by atoms with Crippen LogP contribution < -0.4 is 0 Å². The zero-order valence-electron chi connectivity index (χ0n) is 10.6. The summed E-state index contributed by atoms with van der Waals surface area (Å²) in [5, 5.41) is 0. The van der Waals surface area contributed by atoms with E-state index in [4.69, 9.17) is 0 Å². The highest BCUT2D eigenvalue weighted by atomic mass is 79.9. The van der Waals surface area contributed by atoms with Crippen molar-refractivity contribution in [3.05, 3.63) is 63.1 Å². The molecule has 0 bridgehead atoms. The third-order valence-corrected chi connectivity index (χ3v) is 4.25. The molecular formula is C17H15Br. The fourth-order valence-electron chi connectivity index (χ4n) is 2.62. The van der Waals surface area contributed by atoms with Gasteiger partial charge in [-0.15, -0.1) is 0 Å². The summed E-state index contributed by atoms with van der Waals surface area (Å²) in [4.78, 5) is 0. The maximum atomic E-state index is 3.71. The Labute approximate surface area is 116 Å². The first-order valence-corrected chi connectivity index (χ1v) is 7.00. The average Bonchev–Trinajstić information content (AvgIpc) is 2.71. The van der Waals surface area contributed by atoms with E-state index in [0.717, 1.165) is 6.42 Å². The molecule has 1 aliphatic carbocycles. The van der Waals surface area contributed by atoms with Crippen molar-refractivity contribution in [2.75, 3.05) is 0 Å². The van der Waals surface area contributed by atoms with Gasteiger partial charge in [-0.3, -0.25) is 0 Å². The van der Waals surface area contributed by atoms with Gasteiger partial charge in [-0.25, -0.2) is 0 Å². The largest absolute Gasteiger partial charge is 0.0683 e. The summed E-state index contributed by atoms with van der Waals surface area (Å²) in [7, 11) is 0. The van der Waals surface area contributed by atoms with Crippen LogP contribution in [0.25, 0.3) is 17.2 Å². The molecular weight excluding hydrogens is 284 g/mol. The first kappa shape index (κ1) is 11.7. The molecule has 1 aliphatic rings. The molecule has 3 rings (SSSR count). The molecule has 0 heterocycles. The van der Waals surface area contributed by atoms with Crippen LogP contribution in [0.1, 0.15) is 23.6 Å². The summed E-state index contributed by atoms with van der Waals surface area (Å²) in [6.45, 7) is 4.36. The van der Waals surface area contributed by atoms with Crippen LogP contribution in [0.4, 0.5) is 0 Å². The lowest BCUT2D eigenvalue weighted by molar-refractivity contribution is 1.18. The van der Waals surface area contributed by atoms with Crippen molar-refractivity contribution < 1.29 is 0 Å².